The largest absolute Gasteiger partial charge is 0.454 e. The van der Waals surface area contributed by atoms with E-state index in [1.807, 2.05) is 0 Å². The number of amides is 1. The fraction of sp³-hybridized carbons (Fsp3) is 0.333. The second-order valence-electron chi connectivity index (χ2n) is 5.98. The highest BCUT2D eigenvalue weighted by atomic mass is 19.4. The van der Waals surface area contributed by atoms with Crippen molar-refractivity contribution in [3.8, 4) is 11.5 Å². The minimum absolute atomic E-state index is 0.133. The topological polar surface area (TPSA) is 60.8 Å². The predicted octanol–water partition coefficient (Wildman–Crippen LogP) is 2.64. The van der Waals surface area contributed by atoms with Gasteiger partial charge in [0.05, 0.1) is 5.56 Å². The van der Waals surface area contributed by atoms with Crippen LogP contribution in [-0.4, -0.2) is 28.7 Å². The molecule has 0 atom stereocenters. The van der Waals surface area contributed by atoms with E-state index in [-0.39, 0.29) is 13.3 Å². The number of hydrogen-bond donors (Lipinski definition) is 0. The van der Waals surface area contributed by atoms with Crippen LogP contribution in [0.1, 0.15) is 18.1 Å². The third kappa shape index (κ3) is 4.24. The molecule has 1 aliphatic rings. The van der Waals surface area contributed by atoms with Crippen LogP contribution in [0.2, 0.25) is 0 Å². The fourth-order valence-corrected chi connectivity index (χ4v) is 2.70. The molecule has 0 saturated carbocycles. The Bertz CT molecular complexity index is 908. The Balaban J connectivity index is 1.75. The zero-order chi connectivity index (χ0) is 19.6. The first-order chi connectivity index (χ1) is 12.8. The van der Waals surface area contributed by atoms with Gasteiger partial charge in [-0.3, -0.25) is 9.59 Å². The predicted molar refractivity (Wildman–Crippen MR) is 89.4 cm³/mol. The van der Waals surface area contributed by atoms with Crippen LogP contribution in [0, 0.1) is 0 Å². The van der Waals surface area contributed by atoms with Gasteiger partial charge in [0.15, 0.2) is 11.5 Å². The number of halogens is 3. The second-order valence-corrected chi connectivity index (χ2v) is 5.98. The number of hydrogen-bond acceptors (Lipinski definition) is 4. The van der Waals surface area contributed by atoms with Crippen LogP contribution in [-0.2, 0) is 24.1 Å². The van der Waals surface area contributed by atoms with Crippen molar-refractivity contribution in [2.24, 2.45) is 0 Å². The highest BCUT2D eigenvalue weighted by Gasteiger charge is 2.31. The number of pyridine rings is 1. The van der Waals surface area contributed by atoms with Crippen molar-refractivity contribution in [1.82, 2.24) is 9.47 Å². The van der Waals surface area contributed by atoms with Crippen molar-refractivity contribution in [3.63, 3.8) is 0 Å². The molecular formula is C18H17F3N2O4. The number of ether oxygens (including phenoxy) is 2. The van der Waals surface area contributed by atoms with Crippen molar-refractivity contribution in [3.05, 3.63) is 58.0 Å². The summed E-state index contributed by atoms with van der Waals surface area (Å²) in [5.41, 5.74) is -0.866. The quantitative estimate of drug-likeness (QED) is 0.798. The van der Waals surface area contributed by atoms with Crippen molar-refractivity contribution < 1.29 is 27.4 Å². The van der Waals surface area contributed by atoms with Gasteiger partial charge in [-0.2, -0.15) is 13.2 Å². The lowest BCUT2D eigenvalue weighted by molar-refractivity contribution is -0.138. The zero-order valence-electron chi connectivity index (χ0n) is 14.5. The van der Waals surface area contributed by atoms with Crippen LogP contribution in [0.3, 0.4) is 0 Å². The summed E-state index contributed by atoms with van der Waals surface area (Å²) in [5, 5.41) is 0. The van der Waals surface area contributed by atoms with Crippen molar-refractivity contribution in [2.75, 3.05) is 13.3 Å². The van der Waals surface area contributed by atoms with Gasteiger partial charge in [0, 0.05) is 25.4 Å². The van der Waals surface area contributed by atoms with E-state index in [9.17, 15) is 22.8 Å². The minimum atomic E-state index is -4.59. The van der Waals surface area contributed by atoms with Crippen LogP contribution in [0.4, 0.5) is 13.2 Å². The Hall–Kier alpha value is -2.97. The van der Waals surface area contributed by atoms with Gasteiger partial charge in [0.25, 0.3) is 5.56 Å². The lowest BCUT2D eigenvalue weighted by atomic mass is 10.2. The van der Waals surface area contributed by atoms with E-state index in [4.69, 9.17) is 9.47 Å². The van der Waals surface area contributed by atoms with Crippen molar-refractivity contribution in [2.45, 2.75) is 26.2 Å². The highest BCUT2D eigenvalue weighted by molar-refractivity contribution is 5.76. The molecule has 0 N–H and O–H groups in total. The Labute approximate surface area is 152 Å². The van der Waals surface area contributed by atoms with Crippen molar-refractivity contribution in [1.29, 1.82) is 0 Å². The smallest absolute Gasteiger partial charge is 0.417 e. The first-order valence-corrected chi connectivity index (χ1v) is 8.22. The molecule has 0 saturated heterocycles. The van der Waals surface area contributed by atoms with Gasteiger partial charge in [0.1, 0.15) is 6.54 Å². The number of rotatable bonds is 5. The van der Waals surface area contributed by atoms with Crippen LogP contribution in [0.5, 0.6) is 11.5 Å². The monoisotopic (exact) mass is 382 g/mol. The zero-order valence-corrected chi connectivity index (χ0v) is 14.5. The summed E-state index contributed by atoms with van der Waals surface area (Å²) >= 11 is 0. The van der Waals surface area contributed by atoms with Crippen LogP contribution >= 0.6 is 0 Å². The maximum atomic E-state index is 12.8. The van der Waals surface area contributed by atoms with E-state index >= 15 is 0 Å². The van der Waals surface area contributed by atoms with Crippen LogP contribution < -0.4 is 15.0 Å². The van der Waals surface area contributed by atoms with E-state index in [0.29, 0.717) is 30.3 Å². The third-order valence-electron chi connectivity index (χ3n) is 4.16. The molecule has 3 rings (SSSR count). The molecule has 0 aliphatic carbocycles. The SMILES string of the molecule is CCN(Cc1ccc2c(c1)OCO2)C(=O)Cn1cc(C(F)(F)F)ccc1=O. The average molecular weight is 382 g/mol. The van der Waals surface area contributed by atoms with E-state index in [2.05, 4.69) is 0 Å². The Morgan fingerprint density at radius 3 is 2.63 bits per heavy atom. The minimum Gasteiger partial charge on any atom is -0.454 e. The molecule has 0 fully saturated rings. The Morgan fingerprint density at radius 2 is 1.93 bits per heavy atom. The molecule has 0 unspecified atom stereocenters. The summed E-state index contributed by atoms with van der Waals surface area (Å²) in [6.45, 7) is 1.98. The van der Waals surface area contributed by atoms with Gasteiger partial charge >= 0.3 is 6.18 Å². The summed E-state index contributed by atoms with van der Waals surface area (Å²) in [6.07, 6.45) is -3.93. The number of carbonyl (C=O) groups excluding carboxylic acids is 1. The second kappa shape index (κ2) is 7.34. The number of nitrogens with zero attached hydrogens (tertiary/aromatic N) is 2. The van der Waals surface area contributed by atoms with Gasteiger partial charge in [-0.1, -0.05) is 6.07 Å². The van der Waals surface area contributed by atoms with Gasteiger partial charge in [0.2, 0.25) is 12.7 Å². The van der Waals surface area contributed by atoms with E-state index in [1.54, 1.807) is 25.1 Å². The first-order valence-electron chi connectivity index (χ1n) is 8.22. The summed E-state index contributed by atoms with van der Waals surface area (Å²) in [6, 6.07) is 6.76. The number of carbonyl (C=O) groups is 1. The summed E-state index contributed by atoms with van der Waals surface area (Å²) in [7, 11) is 0. The van der Waals surface area contributed by atoms with Gasteiger partial charge in [-0.15, -0.1) is 0 Å². The molecule has 1 aromatic heterocycles. The molecule has 0 spiro atoms. The number of likely N-dealkylation sites (N-methyl/N-ethyl adjacent to an activating group) is 1. The summed E-state index contributed by atoms with van der Waals surface area (Å²) in [4.78, 5) is 25.8. The molecule has 0 bridgehead atoms. The molecule has 2 aromatic rings. The normalized spacial score (nSPS) is 12.9. The molecule has 6 nitrogen and oxygen atoms in total. The highest BCUT2D eigenvalue weighted by Crippen LogP contribution is 2.33. The van der Waals surface area contributed by atoms with E-state index in [1.165, 1.54) is 4.90 Å². The first kappa shape index (κ1) is 18.8. The Kier molecular flexibility index (Phi) is 5.11. The number of alkyl halides is 3. The molecule has 1 aliphatic heterocycles. The Morgan fingerprint density at radius 1 is 1.19 bits per heavy atom. The van der Waals surface area contributed by atoms with E-state index in [0.717, 1.165) is 16.2 Å². The van der Waals surface area contributed by atoms with Gasteiger partial charge in [-0.25, -0.2) is 0 Å². The molecule has 0 radical (unpaired) electrons. The summed E-state index contributed by atoms with van der Waals surface area (Å²) < 4.78 is 49.8. The molecule has 9 heteroatoms. The number of fused-ring (bicyclic) bond motifs is 1. The molecular weight excluding hydrogens is 365 g/mol. The lowest BCUT2D eigenvalue weighted by Crippen LogP contribution is -2.36. The molecule has 1 aromatic carbocycles. The molecule has 2 heterocycles. The summed E-state index contributed by atoms with van der Waals surface area (Å²) in [5.74, 6) is 0.727. The molecule has 1 amide bonds. The van der Waals surface area contributed by atoms with Crippen molar-refractivity contribution >= 4 is 5.91 Å². The average Bonchev–Trinajstić information content (AvgIpc) is 3.08. The van der Waals surface area contributed by atoms with E-state index < -0.39 is 29.8 Å². The van der Waals surface area contributed by atoms with Crippen LogP contribution in [0.15, 0.2) is 41.3 Å². The lowest BCUT2D eigenvalue weighted by Gasteiger charge is -2.22. The van der Waals surface area contributed by atoms with Crippen LogP contribution in [0.25, 0.3) is 0 Å². The third-order valence-corrected chi connectivity index (χ3v) is 4.16. The molecule has 27 heavy (non-hydrogen) atoms. The number of aromatic nitrogens is 1. The maximum absolute atomic E-state index is 12.8. The number of benzene rings is 1. The maximum Gasteiger partial charge on any atom is 0.417 e. The fourth-order valence-electron chi connectivity index (χ4n) is 2.70. The van der Waals surface area contributed by atoms with Gasteiger partial charge in [-0.05, 0) is 30.7 Å². The van der Waals surface area contributed by atoms with Gasteiger partial charge < -0.3 is 18.9 Å². The standard InChI is InChI=1S/C18H17F3N2O4/c1-2-22(8-12-3-5-14-15(7-12)27-11-26-14)17(25)10-23-9-13(18(19,20)21)4-6-16(23)24/h3-7,9H,2,8,10-11H2,1H3. The molecule has 144 valence electrons.